The van der Waals surface area contributed by atoms with E-state index in [1.807, 2.05) is 32.0 Å². The highest BCUT2D eigenvalue weighted by Crippen LogP contribution is 2.40. The van der Waals surface area contributed by atoms with Gasteiger partial charge in [0.2, 0.25) is 0 Å². The minimum atomic E-state index is -0.372. The van der Waals surface area contributed by atoms with Gasteiger partial charge in [-0.15, -0.1) is 11.3 Å². The summed E-state index contributed by atoms with van der Waals surface area (Å²) in [6.07, 6.45) is 2.86. The molecule has 1 aromatic carbocycles. The molecule has 5 heteroatoms. The number of hydrogen-bond acceptors (Lipinski definition) is 4. The Bertz CT molecular complexity index is 838. The van der Waals surface area contributed by atoms with E-state index < -0.39 is 0 Å². The molecule has 1 aromatic heterocycles. The van der Waals surface area contributed by atoms with Crippen molar-refractivity contribution in [1.82, 2.24) is 0 Å². The van der Waals surface area contributed by atoms with Gasteiger partial charge in [-0.25, -0.2) is 4.79 Å². The Morgan fingerprint density at radius 3 is 2.76 bits per heavy atom. The third kappa shape index (κ3) is 3.47. The van der Waals surface area contributed by atoms with Crippen LogP contribution in [-0.2, 0) is 17.6 Å². The quantitative estimate of drug-likeness (QED) is 0.821. The van der Waals surface area contributed by atoms with E-state index in [0.717, 1.165) is 36.0 Å². The Morgan fingerprint density at radius 2 is 2.04 bits per heavy atom. The zero-order valence-electron chi connectivity index (χ0n) is 15.1. The molecule has 1 atom stereocenters. The van der Waals surface area contributed by atoms with E-state index in [9.17, 15) is 9.59 Å². The standard InChI is InChI=1S/C20H23NO3S/c1-11-5-7-13(3)15(9-11)18(22)21-19-17(20(23)24-4)14-8-6-12(2)10-16(14)25-19/h5,7,9,12H,6,8,10H2,1-4H3,(H,21,22). The molecule has 1 aliphatic rings. The fraction of sp³-hybridized carbons (Fsp3) is 0.400. The highest BCUT2D eigenvalue weighted by molar-refractivity contribution is 7.17. The molecule has 0 radical (unpaired) electrons. The molecule has 1 unspecified atom stereocenters. The Hall–Kier alpha value is -2.14. The Kier molecular flexibility index (Phi) is 4.95. The van der Waals surface area contributed by atoms with Gasteiger partial charge in [0.05, 0.1) is 12.7 Å². The van der Waals surface area contributed by atoms with Gasteiger partial charge in [-0.2, -0.15) is 0 Å². The predicted molar refractivity (Wildman–Crippen MR) is 101 cm³/mol. The number of amides is 1. The van der Waals surface area contributed by atoms with E-state index in [2.05, 4.69) is 12.2 Å². The van der Waals surface area contributed by atoms with Crippen molar-refractivity contribution < 1.29 is 14.3 Å². The van der Waals surface area contributed by atoms with Crippen LogP contribution in [0.4, 0.5) is 5.00 Å². The maximum Gasteiger partial charge on any atom is 0.341 e. The number of nitrogens with one attached hydrogen (secondary N) is 1. The summed E-state index contributed by atoms with van der Waals surface area (Å²) < 4.78 is 4.97. The van der Waals surface area contributed by atoms with Gasteiger partial charge in [0.25, 0.3) is 5.91 Å². The molecule has 1 heterocycles. The molecule has 1 N–H and O–H groups in total. The zero-order chi connectivity index (χ0) is 18.1. The highest BCUT2D eigenvalue weighted by atomic mass is 32.1. The van der Waals surface area contributed by atoms with Crippen molar-refractivity contribution in [3.8, 4) is 0 Å². The maximum absolute atomic E-state index is 12.8. The van der Waals surface area contributed by atoms with Crippen LogP contribution >= 0.6 is 11.3 Å². The first-order valence-electron chi connectivity index (χ1n) is 8.52. The summed E-state index contributed by atoms with van der Waals surface area (Å²) in [5.41, 5.74) is 4.16. The number of methoxy groups -OCH3 is 1. The summed E-state index contributed by atoms with van der Waals surface area (Å²) in [6.45, 7) is 6.09. The van der Waals surface area contributed by atoms with Crippen LogP contribution in [0, 0.1) is 19.8 Å². The Labute approximate surface area is 152 Å². The fourth-order valence-corrected chi connectivity index (χ4v) is 4.70. The number of thiophene rings is 1. The number of esters is 1. The van der Waals surface area contributed by atoms with Crippen LogP contribution in [-0.4, -0.2) is 19.0 Å². The van der Waals surface area contributed by atoms with Crippen LogP contribution in [0.25, 0.3) is 0 Å². The average Bonchev–Trinajstić information content (AvgIpc) is 2.93. The van der Waals surface area contributed by atoms with Gasteiger partial charge >= 0.3 is 5.97 Å². The molecule has 25 heavy (non-hydrogen) atoms. The number of hydrogen-bond donors (Lipinski definition) is 1. The van der Waals surface area contributed by atoms with Gasteiger partial charge in [-0.3, -0.25) is 4.79 Å². The van der Waals surface area contributed by atoms with E-state index in [4.69, 9.17) is 4.74 Å². The topological polar surface area (TPSA) is 55.4 Å². The van der Waals surface area contributed by atoms with Crippen LogP contribution in [0.3, 0.4) is 0 Å². The van der Waals surface area contributed by atoms with Gasteiger partial charge in [0.15, 0.2) is 0 Å². The molecule has 0 saturated carbocycles. The summed E-state index contributed by atoms with van der Waals surface area (Å²) in [7, 11) is 1.38. The van der Waals surface area contributed by atoms with Crippen molar-refractivity contribution >= 4 is 28.2 Å². The van der Waals surface area contributed by atoms with Gasteiger partial charge in [-0.1, -0.05) is 24.6 Å². The number of anilines is 1. The first kappa shape index (κ1) is 17.7. The van der Waals surface area contributed by atoms with Crippen molar-refractivity contribution in [2.45, 2.75) is 40.0 Å². The third-order valence-electron chi connectivity index (χ3n) is 4.77. The van der Waals surface area contributed by atoms with Gasteiger partial charge in [0.1, 0.15) is 5.00 Å². The second kappa shape index (κ2) is 7.00. The number of carbonyl (C=O) groups is 2. The predicted octanol–water partition coefficient (Wildman–Crippen LogP) is 4.53. The summed E-state index contributed by atoms with van der Waals surface area (Å²) in [5, 5.41) is 3.57. The number of benzene rings is 1. The zero-order valence-corrected chi connectivity index (χ0v) is 15.9. The number of carbonyl (C=O) groups excluding carboxylic acids is 2. The molecule has 4 nitrogen and oxygen atoms in total. The molecule has 0 spiro atoms. The number of fused-ring (bicyclic) bond motifs is 1. The van der Waals surface area contributed by atoms with Gasteiger partial charge in [0, 0.05) is 10.4 Å². The van der Waals surface area contributed by atoms with Gasteiger partial charge in [-0.05, 0) is 56.2 Å². The van der Waals surface area contributed by atoms with E-state index >= 15 is 0 Å². The Morgan fingerprint density at radius 1 is 1.28 bits per heavy atom. The first-order valence-corrected chi connectivity index (χ1v) is 9.33. The molecule has 0 aliphatic heterocycles. The third-order valence-corrected chi connectivity index (χ3v) is 5.94. The maximum atomic E-state index is 12.8. The van der Waals surface area contributed by atoms with E-state index in [1.54, 1.807) is 0 Å². The van der Waals surface area contributed by atoms with Crippen molar-refractivity contribution in [2.24, 2.45) is 5.92 Å². The molecular formula is C20H23NO3S. The lowest BCUT2D eigenvalue weighted by Crippen LogP contribution is -2.16. The number of ether oxygens (including phenoxy) is 1. The lowest BCUT2D eigenvalue weighted by Gasteiger charge is -2.18. The lowest BCUT2D eigenvalue weighted by molar-refractivity contribution is 0.0601. The summed E-state index contributed by atoms with van der Waals surface area (Å²) >= 11 is 1.51. The number of rotatable bonds is 3. The molecule has 3 rings (SSSR count). The SMILES string of the molecule is COC(=O)c1c(NC(=O)c2cc(C)ccc2C)sc2c1CCC(C)C2. The summed E-state index contributed by atoms with van der Waals surface area (Å²) in [4.78, 5) is 26.3. The van der Waals surface area contributed by atoms with E-state index in [-0.39, 0.29) is 11.9 Å². The fourth-order valence-electron chi connectivity index (χ4n) is 3.31. The average molecular weight is 357 g/mol. The molecule has 0 bridgehead atoms. The van der Waals surface area contributed by atoms with Crippen molar-refractivity contribution in [1.29, 1.82) is 0 Å². The van der Waals surface area contributed by atoms with E-state index in [1.165, 1.54) is 23.3 Å². The van der Waals surface area contributed by atoms with Crippen molar-refractivity contribution in [3.63, 3.8) is 0 Å². The Balaban J connectivity index is 1.98. The normalized spacial score (nSPS) is 16.2. The van der Waals surface area contributed by atoms with Crippen LogP contribution in [0.5, 0.6) is 0 Å². The van der Waals surface area contributed by atoms with Crippen LogP contribution in [0.1, 0.15) is 55.6 Å². The molecule has 1 amide bonds. The molecule has 132 valence electrons. The molecule has 1 aliphatic carbocycles. The molecular weight excluding hydrogens is 334 g/mol. The van der Waals surface area contributed by atoms with Crippen LogP contribution in [0.2, 0.25) is 0 Å². The minimum absolute atomic E-state index is 0.182. The highest BCUT2D eigenvalue weighted by Gasteiger charge is 2.29. The molecule has 0 fully saturated rings. The lowest BCUT2D eigenvalue weighted by atomic mass is 9.88. The summed E-state index contributed by atoms with van der Waals surface area (Å²) in [5.74, 6) is 0.0422. The van der Waals surface area contributed by atoms with Crippen LogP contribution in [0.15, 0.2) is 18.2 Å². The second-order valence-corrected chi connectivity index (χ2v) is 7.93. The van der Waals surface area contributed by atoms with E-state index in [0.29, 0.717) is 22.0 Å². The summed E-state index contributed by atoms with van der Waals surface area (Å²) in [6, 6.07) is 5.79. The number of aryl methyl sites for hydroxylation is 2. The van der Waals surface area contributed by atoms with Crippen molar-refractivity contribution in [2.75, 3.05) is 12.4 Å². The van der Waals surface area contributed by atoms with Gasteiger partial charge < -0.3 is 10.1 Å². The molecule has 0 saturated heterocycles. The molecule has 2 aromatic rings. The van der Waals surface area contributed by atoms with Crippen LogP contribution < -0.4 is 5.32 Å². The van der Waals surface area contributed by atoms with Crippen molar-refractivity contribution in [3.05, 3.63) is 50.9 Å². The largest absolute Gasteiger partial charge is 0.465 e. The smallest absolute Gasteiger partial charge is 0.341 e. The monoisotopic (exact) mass is 357 g/mol. The minimum Gasteiger partial charge on any atom is -0.465 e. The second-order valence-electron chi connectivity index (χ2n) is 6.82. The first-order chi connectivity index (χ1) is 11.9.